The molecule has 0 aromatic heterocycles. The highest BCUT2D eigenvalue weighted by molar-refractivity contribution is 6.32. The summed E-state index contributed by atoms with van der Waals surface area (Å²) in [5, 5.41) is 10.2. The lowest BCUT2D eigenvalue weighted by atomic mass is 9.83. The number of aryl methyl sites for hydroxylation is 1. The van der Waals surface area contributed by atoms with Gasteiger partial charge < -0.3 is 14.6 Å². The van der Waals surface area contributed by atoms with Crippen LogP contribution < -0.4 is 9.47 Å². The Morgan fingerprint density at radius 2 is 1.89 bits per heavy atom. The fourth-order valence-corrected chi connectivity index (χ4v) is 2.50. The molecule has 18 heavy (non-hydrogen) atoms. The van der Waals surface area contributed by atoms with E-state index in [1.807, 2.05) is 26.8 Å². The van der Waals surface area contributed by atoms with Crippen molar-refractivity contribution in [3.63, 3.8) is 0 Å². The van der Waals surface area contributed by atoms with Crippen molar-refractivity contribution in [3.05, 3.63) is 22.2 Å². The Balaban J connectivity index is 3.63. The van der Waals surface area contributed by atoms with Gasteiger partial charge in [0, 0.05) is 11.0 Å². The van der Waals surface area contributed by atoms with E-state index in [9.17, 15) is 5.11 Å². The van der Waals surface area contributed by atoms with Gasteiger partial charge in [-0.3, -0.25) is 0 Å². The van der Waals surface area contributed by atoms with Gasteiger partial charge in [0.1, 0.15) is 0 Å². The van der Waals surface area contributed by atoms with Crippen molar-refractivity contribution < 1.29 is 14.6 Å². The van der Waals surface area contributed by atoms with E-state index < -0.39 is 5.41 Å². The molecule has 0 unspecified atom stereocenters. The zero-order valence-electron chi connectivity index (χ0n) is 11.6. The molecule has 0 bridgehead atoms. The van der Waals surface area contributed by atoms with Crippen molar-refractivity contribution in [2.45, 2.75) is 32.6 Å². The second-order valence-corrected chi connectivity index (χ2v) is 5.23. The normalized spacial score (nSPS) is 11.5. The topological polar surface area (TPSA) is 38.7 Å². The van der Waals surface area contributed by atoms with Crippen LogP contribution in [0.1, 0.15) is 31.9 Å². The molecule has 0 radical (unpaired) electrons. The summed E-state index contributed by atoms with van der Waals surface area (Å²) in [5.74, 6) is 1.24. The van der Waals surface area contributed by atoms with Crippen LogP contribution >= 0.6 is 11.6 Å². The van der Waals surface area contributed by atoms with Gasteiger partial charge in [0.15, 0.2) is 11.5 Å². The molecular weight excluding hydrogens is 252 g/mol. The number of halogens is 1. The van der Waals surface area contributed by atoms with Crippen LogP contribution in [0, 0.1) is 0 Å². The average molecular weight is 273 g/mol. The Morgan fingerprint density at radius 1 is 1.28 bits per heavy atom. The zero-order chi connectivity index (χ0) is 13.9. The summed E-state index contributed by atoms with van der Waals surface area (Å²) in [6.07, 6.45) is 0.799. The van der Waals surface area contributed by atoms with Gasteiger partial charge in [-0.1, -0.05) is 32.4 Å². The van der Waals surface area contributed by atoms with Gasteiger partial charge in [0.05, 0.1) is 25.8 Å². The predicted octanol–water partition coefficient (Wildman–Crippen LogP) is 3.19. The lowest BCUT2D eigenvalue weighted by Crippen LogP contribution is -2.24. The minimum atomic E-state index is -0.485. The second kappa shape index (κ2) is 5.81. The molecule has 0 aliphatic heterocycles. The number of hydrogen-bond donors (Lipinski definition) is 1. The summed E-state index contributed by atoms with van der Waals surface area (Å²) in [6, 6.07) is 1.89. The molecule has 1 rings (SSSR count). The number of rotatable bonds is 5. The van der Waals surface area contributed by atoms with Crippen LogP contribution in [0.5, 0.6) is 11.5 Å². The van der Waals surface area contributed by atoms with E-state index in [1.54, 1.807) is 14.2 Å². The van der Waals surface area contributed by atoms with Gasteiger partial charge >= 0.3 is 0 Å². The molecule has 0 aliphatic carbocycles. The molecule has 0 amide bonds. The zero-order valence-corrected chi connectivity index (χ0v) is 12.4. The van der Waals surface area contributed by atoms with Crippen molar-refractivity contribution in [1.29, 1.82) is 0 Å². The van der Waals surface area contributed by atoms with E-state index in [1.165, 1.54) is 0 Å². The van der Waals surface area contributed by atoms with Gasteiger partial charge in [-0.2, -0.15) is 0 Å². The predicted molar refractivity (Wildman–Crippen MR) is 74.0 cm³/mol. The van der Waals surface area contributed by atoms with E-state index in [4.69, 9.17) is 21.1 Å². The minimum Gasteiger partial charge on any atom is -0.493 e. The molecule has 102 valence electrons. The highest BCUT2D eigenvalue weighted by atomic mass is 35.5. The van der Waals surface area contributed by atoms with E-state index in [2.05, 4.69) is 0 Å². The van der Waals surface area contributed by atoms with Crippen molar-refractivity contribution >= 4 is 11.6 Å². The Hall–Kier alpha value is -0.930. The molecule has 0 aliphatic rings. The maximum Gasteiger partial charge on any atom is 0.166 e. The third kappa shape index (κ3) is 2.57. The SMILES string of the molecule is CCc1cc(OC)c(OC)c(C(C)(C)CO)c1Cl. The number of aliphatic hydroxyl groups is 1. The Bertz CT molecular complexity index is 428. The number of hydrogen-bond acceptors (Lipinski definition) is 3. The highest BCUT2D eigenvalue weighted by Gasteiger charge is 2.30. The fourth-order valence-electron chi connectivity index (χ4n) is 1.97. The van der Waals surface area contributed by atoms with Crippen LogP contribution in [-0.4, -0.2) is 25.9 Å². The van der Waals surface area contributed by atoms with Crippen molar-refractivity contribution in [1.82, 2.24) is 0 Å². The minimum absolute atomic E-state index is 0.0145. The number of benzene rings is 1. The highest BCUT2D eigenvalue weighted by Crippen LogP contribution is 2.44. The molecule has 0 spiro atoms. The third-order valence-electron chi connectivity index (χ3n) is 3.13. The van der Waals surface area contributed by atoms with E-state index >= 15 is 0 Å². The van der Waals surface area contributed by atoms with Crippen LogP contribution in [-0.2, 0) is 11.8 Å². The van der Waals surface area contributed by atoms with Gasteiger partial charge in [-0.05, 0) is 18.1 Å². The Morgan fingerprint density at radius 3 is 2.28 bits per heavy atom. The lowest BCUT2D eigenvalue weighted by molar-refractivity contribution is 0.213. The molecular formula is C14H21ClO3. The number of aliphatic hydroxyl groups excluding tert-OH is 1. The summed E-state index contributed by atoms with van der Waals surface area (Å²) >= 11 is 6.44. The number of ether oxygens (including phenoxy) is 2. The first-order valence-corrected chi connectivity index (χ1v) is 6.35. The van der Waals surface area contributed by atoms with Crippen molar-refractivity contribution in [2.24, 2.45) is 0 Å². The molecule has 1 aromatic rings. The molecule has 4 heteroatoms. The molecule has 0 saturated heterocycles. The van der Waals surface area contributed by atoms with Crippen LogP contribution in [0.15, 0.2) is 6.07 Å². The first kappa shape index (κ1) is 15.1. The van der Waals surface area contributed by atoms with Gasteiger partial charge in [0.25, 0.3) is 0 Å². The summed E-state index contributed by atoms with van der Waals surface area (Å²) < 4.78 is 10.8. The molecule has 0 atom stereocenters. The van der Waals surface area contributed by atoms with Crippen LogP contribution in [0.25, 0.3) is 0 Å². The molecule has 0 fully saturated rings. The van der Waals surface area contributed by atoms with E-state index in [0.717, 1.165) is 17.5 Å². The Labute approximate surface area is 114 Å². The van der Waals surface area contributed by atoms with Crippen molar-refractivity contribution in [2.75, 3.05) is 20.8 Å². The van der Waals surface area contributed by atoms with Gasteiger partial charge in [-0.25, -0.2) is 0 Å². The average Bonchev–Trinajstić information content (AvgIpc) is 2.37. The monoisotopic (exact) mass is 272 g/mol. The number of methoxy groups -OCH3 is 2. The second-order valence-electron chi connectivity index (χ2n) is 4.86. The third-order valence-corrected chi connectivity index (χ3v) is 3.57. The molecule has 0 heterocycles. The molecule has 1 aromatic carbocycles. The van der Waals surface area contributed by atoms with E-state index in [-0.39, 0.29) is 6.61 Å². The van der Waals surface area contributed by atoms with Crippen molar-refractivity contribution in [3.8, 4) is 11.5 Å². The van der Waals surface area contributed by atoms with Gasteiger partial charge in [0.2, 0.25) is 0 Å². The van der Waals surface area contributed by atoms with Gasteiger partial charge in [-0.15, -0.1) is 0 Å². The maximum atomic E-state index is 9.56. The first-order chi connectivity index (χ1) is 8.42. The van der Waals surface area contributed by atoms with Crippen LogP contribution in [0.2, 0.25) is 5.02 Å². The standard InChI is InChI=1S/C14H21ClO3/c1-6-9-7-10(17-4)13(18-5)11(12(9)15)14(2,3)8-16/h7,16H,6,8H2,1-5H3. The quantitative estimate of drug-likeness (QED) is 0.895. The largest absolute Gasteiger partial charge is 0.493 e. The summed E-state index contributed by atoms with van der Waals surface area (Å²) in [5.41, 5.74) is 1.30. The van der Waals surface area contributed by atoms with Crippen LogP contribution in [0.3, 0.4) is 0 Å². The van der Waals surface area contributed by atoms with Crippen LogP contribution in [0.4, 0.5) is 0 Å². The van der Waals surface area contributed by atoms with E-state index in [0.29, 0.717) is 16.5 Å². The Kier molecular flexibility index (Phi) is 4.88. The summed E-state index contributed by atoms with van der Waals surface area (Å²) in [4.78, 5) is 0. The smallest absolute Gasteiger partial charge is 0.166 e. The summed E-state index contributed by atoms with van der Waals surface area (Å²) in [6.45, 7) is 5.87. The fraction of sp³-hybridized carbons (Fsp3) is 0.571. The molecule has 0 saturated carbocycles. The first-order valence-electron chi connectivity index (χ1n) is 5.97. The molecule has 3 nitrogen and oxygen atoms in total. The lowest BCUT2D eigenvalue weighted by Gasteiger charge is -2.28. The molecule has 1 N–H and O–H groups in total. The summed E-state index contributed by atoms with van der Waals surface area (Å²) in [7, 11) is 3.18. The maximum absolute atomic E-state index is 9.56.